The Hall–Kier alpha value is -6.84. The van der Waals surface area contributed by atoms with Gasteiger partial charge in [0.1, 0.15) is 46.0 Å². The van der Waals surface area contributed by atoms with E-state index in [1.54, 1.807) is 0 Å². The summed E-state index contributed by atoms with van der Waals surface area (Å²) in [6, 6.07) is 6.26. The number of aromatic carboxylic acids is 4. The first kappa shape index (κ1) is 42.2. The van der Waals surface area contributed by atoms with E-state index < -0.39 is 92.9 Å². The zero-order valence-electron chi connectivity index (χ0n) is 23.8. The maximum Gasteiger partial charge on any atom is 4.00 e. The molecule has 0 atom stereocenters. The van der Waals surface area contributed by atoms with Gasteiger partial charge in [-0.25, -0.2) is 19.2 Å². The first-order valence-corrected chi connectivity index (χ1v) is 11.9. The van der Waals surface area contributed by atoms with Crippen molar-refractivity contribution in [3.63, 3.8) is 0 Å². The van der Waals surface area contributed by atoms with Crippen molar-refractivity contribution in [1.29, 1.82) is 0 Å². The Bertz CT molecular complexity index is 1510. The molecule has 256 valence electrons. The van der Waals surface area contributed by atoms with E-state index in [1.807, 2.05) is 0 Å². The second-order valence-corrected chi connectivity index (χ2v) is 8.60. The topological polar surface area (TPSA) is 403 Å². The average molecular weight is 795 g/mol. The molecule has 21 heteroatoms. The Balaban J connectivity index is 0.000000623. The molecule has 4 rings (SSSR count). The largest absolute Gasteiger partial charge is 4.00 e. The molecule has 0 fully saturated rings. The number of carboxylic acid groups (broad SMARTS) is 4. The van der Waals surface area contributed by atoms with Crippen molar-refractivity contribution in [2.24, 2.45) is 0 Å². The van der Waals surface area contributed by atoms with Crippen LogP contribution in [-0.4, -0.2) is 109 Å². The number of carbonyl (C=O) groups is 4. The minimum absolute atomic E-state index is 0. The van der Waals surface area contributed by atoms with Crippen molar-refractivity contribution >= 4 is 47.8 Å². The molecule has 0 bridgehead atoms. The summed E-state index contributed by atoms with van der Waals surface area (Å²) in [4.78, 5) is 41.2. The molecule has 4 aromatic rings. The molecule has 4 aromatic carbocycles. The van der Waals surface area contributed by atoms with Gasteiger partial charge in [0.25, 0.3) is 0 Å². The molecule has 0 radical (unpaired) electrons. The number of hydrogen-bond donors (Lipinski definition) is 12. The Labute approximate surface area is 288 Å². The Morgan fingerprint density at radius 3 is 0.510 bits per heavy atom. The van der Waals surface area contributed by atoms with Crippen LogP contribution in [-0.2, 0) is 0 Å². The number of aromatic hydroxyl groups is 8. The van der Waals surface area contributed by atoms with Gasteiger partial charge >= 0.3 is 47.8 Å². The summed E-state index contributed by atoms with van der Waals surface area (Å²) < 4.78 is 0. The SMILES string of the molecule is O=C(O)c1cc(O)c([O-])c(O)c1.O=C(O)c1cc(O)c([O-])c(O)c1.O=C(O)c1cc(O)c([O-])c(O)c1.O=C(O)c1cc(O)c([O-])c(O)c1.[Sn+4]. The third-order valence-electron chi connectivity index (χ3n) is 5.19. The maximum atomic E-state index is 10.7. The standard InChI is InChI=1S/4C7H6O5.Sn/c4*8-4-1-3(7(11)12)2-5(9)6(4)10;/h4*1-2,8-10H,(H,11,12);/q;;;;+4/p-4. The predicted molar refractivity (Wildman–Crippen MR) is 150 cm³/mol. The van der Waals surface area contributed by atoms with Gasteiger partial charge < -0.3 is 81.7 Å². The van der Waals surface area contributed by atoms with E-state index in [0.717, 1.165) is 48.5 Å². The fraction of sp³-hybridized carbons (Fsp3) is 0. The smallest absolute Gasteiger partial charge is 0.867 e. The molecule has 0 unspecified atom stereocenters. The third-order valence-corrected chi connectivity index (χ3v) is 5.19. The molecular weight excluding hydrogens is 775 g/mol. The van der Waals surface area contributed by atoms with Crippen molar-refractivity contribution in [2.75, 3.05) is 0 Å². The third kappa shape index (κ3) is 11.8. The van der Waals surface area contributed by atoms with Gasteiger partial charge in [-0.1, -0.05) is 0 Å². The van der Waals surface area contributed by atoms with Crippen molar-refractivity contribution < 1.29 is 101 Å². The van der Waals surface area contributed by atoms with E-state index in [2.05, 4.69) is 0 Å². The number of benzene rings is 4. The van der Waals surface area contributed by atoms with Gasteiger partial charge in [-0.05, 0) is 71.5 Å². The molecule has 0 amide bonds. The Morgan fingerprint density at radius 2 is 0.429 bits per heavy atom. The number of phenols is 8. The maximum absolute atomic E-state index is 10.7. The summed E-state index contributed by atoms with van der Waals surface area (Å²) in [6.07, 6.45) is 0. The van der Waals surface area contributed by atoms with Crippen LogP contribution >= 0.6 is 0 Å². The summed E-state index contributed by atoms with van der Waals surface area (Å²) in [5.41, 5.74) is -1.32. The molecule has 49 heavy (non-hydrogen) atoms. The van der Waals surface area contributed by atoms with Gasteiger partial charge in [0.15, 0.2) is 0 Å². The minimum atomic E-state index is -1.32. The zero-order valence-corrected chi connectivity index (χ0v) is 26.6. The van der Waals surface area contributed by atoms with Crippen LogP contribution in [0.1, 0.15) is 41.4 Å². The van der Waals surface area contributed by atoms with E-state index in [9.17, 15) is 39.6 Å². The van der Waals surface area contributed by atoms with Gasteiger partial charge in [0, 0.05) is 0 Å². The van der Waals surface area contributed by atoms with Crippen molar-refractivity contribution in [3.8, 4) is 69.0 Å². The van der Waals surface area contributed by atoms with Crippen LogP contribution in [0.2, 0.25) is 0 Å². The summed E-state index contributed by atoms with van der Waals surface area (Å²) in [6.45, 7) is 0. The van der Waals surface area contributed by atoms with E-state index in [4.69, 9.17) is 61.3 Å². The fourth-order valence-electron chi connectivity index (χ4n) is 2.89. The van der Waals surface area contributed by atoms with Crippen molar-refractivity contribution in [1.82, 2.24) is 0 Å². The van der Waals surface area contributed by atoms with Gasteiger partial charge in [-0.2, -0.15) is 0 Å². The first-order valence-electron chi connectivity index (χ1n) is 11.9. The van der Waals surface area contributed by atoms with Gasteiger partial charge in [-0.15, -0.1) is 0 Å². The molecule has 0 saturated carbocycles. The van der Waals surface area contributed by atoms with E-state index in [1.165, 1.54) is 0 Å². The van der Waals surface area contributed by atoms with Crippen LogP contribution in [0.25, 0.3) is 0 Å². The molecule has 0 aliphatic rings. The molecule has 0 saturated heterocycles. The average Bonchev–Trinajstić information content (AvgIpc) is 2.99. The van der Waals surface area contributed by atoms with Crippen LogP contribution in [0.3, 0.4) is 0 Å². The number of carboxylic acids is 4. The molecule has 0 heterocycles. The second kappa shape index (κ2) is 17.7. The fourth-order valence-corrected chi connectivity index (χ4v) is 2.89. The summed E-state index contributed by atoms with van der Waals surface area (Å²) >= 11 is 0. The summed E-state index contributed by atoms with van der Waals surface area (Å²) in [5, 5.41) is 147. The zero-order chi connectivity index (χ0) is 37.2. The Morgan fingerprint density at radius 1 is 0.327 bits per heavy atom. The molecule has 20 nitrogen and oxygen atoms in total. The monoisotopic (exact) mass is 796 g/mol. The van der Waals surface area contributed by atoms with E-state index >= 15 is 0 Å². The van der Waals surface area contributed by atoms with Crippen LogP contribution < -0.4 is 20.4 Å². The van der Waals surface area contributed by atoms with Gasteiger partial charge in [0.2, 0.25) is 0 Å². The van der Waals surface area contributed by atoms with Crippen molar-refractivity contribution in [3.05, 3.63) is 70.8 Å². The number of hydrogen-bond acceptors (Lipinski definition) is 16. The van der Waals surface area contributed by atoms with Gasteiger partial charge in [-0.3, -0.25) is 0 Å². The van der Waals surface area contributed by atoms with Gasteiger partial charge in [0.05, 0.1) is 22.3 Å². The Kier molecular flexibility index (Phi) is 15.3. The van der Waals surface area contributed by atoms with Crippen LogP contribution in [0.4, 0.5) is 0 Å². The van der Waals surface area contributed by atoms with Crippen LogP contribution in [0.5, 0.6) is 69.0 Å². The van der Waals surface area contributed by atoms with Crippen molar-refractivity contribution in [2.45, 2.75) is 0 Å². The summed E-state index contributed by atoms with van der Waals surface area (Å²) in [7, 11) is 0. The van der Waals surface area contributed by atoms with Crippen LogP contribution in [0, 0.1) is 0 Å². The molecule has 0 aliphatic heterocycles. The predicted octanol–water partition coefficient (Wildman–Crippen LogP) is -0.902. The normalized spacial score (nSPS) is 9.47. The molecular formula is C28H20O20Sn. The number of phenolic OH excluding ortho intramolecular Hbond substituents is 8. The number of rotatable bonds is 4. The summed E-state index contributed by atoms with van der Waals surface area (Å²) in [5.74, 6) is -15.3. The second-order valence-electron chi connectivity index (χ2n) is 8.60. The molecule has 0 aromatic heterocycles. The quantitative estimate of drug-likeness (QED) is 0.111. The van der Waals surface area contributed by atoms with E-state index in [0.29, 0.717) is 0 Å². The van der Waals surface area contributed by atoms with Crippen LogP contribution in [0.15, 0.2) is 48.5 Å². The minimum Gasteiger partial charge on any atom is -0.867 e. The first-order chi connectivity index (χ1) is 22.1. The molecule has 0 aliphatic carbocycles. The molecule has 0 spiro atoms. The van der Waals surface area contributed by atoms with E-state index in [-0.39, 0.29) is 46.2 Å². The molecule has 12 N–H and O–H groups in total.